The van der Waals surface area contributed by atoms with Crippen molar-refractivity contribution in [2.75, 3.05) is 20.6 Å². The molecule has 0 aromatic carbocycles. The first-order valence-electron chi connectivity index (χ1n) is 9.20. The molecule has 1 saturated carbocycles. The second-order valence-corrected chi connectivity index (χ2v) is 6.78. The molecule has 24 heavy (non-hydrogen) atoms. The summed E-state index contributed by atoms with van der Waals surface area (Å²) >= 11 is 0. The van der Waals surface area contributed by atoms with Gasteiger partial charge in [0.1, 0.15) is 0 Å². The highest BCUT2D eigenvalue weighted by Crippen LogP contribution is 2.26. The van der Waals surface area contributed by atoms with Gasteiger partial charge < -0.3 is 15.2 Å². The minimum Gasteiger partial charge on any atom is -0.359 e. The number of nitrogens with one attached hydrogen (secondary N) is 2. The van der Waals surface area contributed by atoms with Crippen LogP contribution in [0.2, 0.25) is 0 Å². The zero-order chi connectivity index (χ0) is 17.5. The molecule has 0 bridgehead atoms. The van der Waals surface area contributed by atoms with Gasteiger partial charge in [0.25, 0.3) is 0 Å². The molecular weight excluding hydrogens is 302 g/mol. The lowest BCUT2D eigenvalue weighted by atomic mass is 9.99. The average molecular weight is 335 g/mol. The molecule has 1 aromatic heterocycles. The molecule has 0 spiro atoms. The number of aliphatic imine (C=N–C) groups is 1. The van der Waals surface area contributed by atoms with Crippen molar-refractivity contribution in [1.82, 2.24) is 20.7 Å². The molecule has 6 heteroatoms. The van der Waals surface area contributed by atoms with Crippen LogP contribution in [0.5, 0.6) is 0 Å². The minimum atomic E-state index is 0.485. The molecule has 2 rings (SSSR count). The Morgan fingerprint density at radius 1 is 1.38 bits per heavy atom. The second kappa shape index (κ2) is 9.06. The van der Waals surface area contributed by atoms with Crippen LogP contribution in [-0.4, -0.2) is 48.7 Å². The third-order valence-corrected chi connectivity index (χ3v) is 5.02. The van der Waals surface area contributed by atoms with Crippen molar-refractivity contribution in [3.63, 3.8) is 0 Å². The van der Waals surface area contributed by atoms with E-state index in [-0.39, 0.29) is 0 Å². The Hall–Kier alpha value is -1.56. The van der Waals surface area contributed by atoms with Crippen molar-refractivity contribution >= 4 is 5.96 Å². The van der Waals surface area contributed by atoms with E-state index in [1.165, 1.54) is 12.8 Å². The molecule has 0 aliphatic heterocycles. The summed E-state index contributed by atoms with van der Waals surface area (Å²) < 4.78 is 5.44. The highest BCUT2D eigenvalue weighted by molar-refractivity contribution is 5.79. The second-order valence-electron chi connectivity index (χ2n) is 6.78. The molecule has 0 saturated heterocycles. The fraction of sp³-hybridized carbons (Fsp3) is 0.778. The van der Waals surface area contributed by atoms with Gasteiger partial charge in [-0.15, -0.1) is 0 Å². The molecule has 1 aliphatic rings. The van der Waals surface area contributed by atoms with Crippen LogP contribution in [0.25, 0.3) is 0 Å². The lowest BCUT2D eigenvalue weighted by Gasteiger charge is -2.25. The van der Waals surface area contributed by atoms with Gasteiger partial charge in [0.2, 0.25) is 0 Å². The fourth-order valence-electron chi connectivity index (χ4n) is 2.93. The van der Waals surface area contributed by atoms with Crippen LogP contribution >= 0.6 is 0 Å². The molecule has 1 aliphatic carbocycles. The standard InChI is InChI=1S/C18H33N5O/c1-6-14(7-2)17-10-16(24-22-17)12-21-18(19-4)20-11-13(3)23(5)15-8-9-15/h10,13-15H,6-9,11-12H2,1-5H3,(H2,19,20,21). The first-order chi connectivity index (χ1) is 11.6. The maximum absolute atomic E-state index is 5.44. The highest BCUT2D eigenvalue weighted by atomic mass is 16.5. The maximum Gasteiger partial charge on any atom is 0.191 e. The summed E-state index contributed by atoms with van der Waals surface area (Å²) in [7, 11) is 3.99. The maximum atomic E-state index is 5.44. The van der Waals surface area contributed by atoms with Gasteiger partial charge in [-0.3, -0.25) is 9.89 Å². The Morgan fingerprint density at radius 3 is 2.67 bits per heavy atom. The van der Waals surface area contributed by atoms with Gasteiger partial charge >= 0.3 is 0 Å². The molecule has 1 unspecified atom stereocenters. The predicted octanol–water partition coefficient (Wildman–Crippen LogP) is 2.73. The summed E-state index contributed by atoms with van der Waals surface area (Å²) in [4.78, 5) is 6.73. The zero-order valence-electron chi connectivity index (χ0n) is 15.8. The van der Waals surface area contributed by atoms with E-state index < -0.39 is 0 Å². The lowest BCUT2D eigenvalue weighted by Crippen LogP contribution is -2.45. The Balaban J connectivity index is 1.77. The van der Waals surface area contributed by atoms with Crippen LogP contribution in [0, 0.1) is 0 Å². The molecule has 2 N–H and O–H groups in total. The number of nitrogens with zero attached hydrogens (tertiary/aromatic N) is 3. The van der Waals surface area contributed by atoms with Crippen molar-refractivity contribution < 1.29 is 4.52 Å². The van der Waals surface area contributed by atoms with E-state index >= 15 is 0 Å². The van der Waals surface area contributed by atoms with Gasteiger partial charge in [0.05, 0.1) is 12.2 Å². The zero-order valence-corrected chi connectivity index (χ0v) is 15.8. The quantitative estimate of drug-likeness (QED) is 0.536. The van der Waals surface area contributed by atoms with Crippen molar-refractivity contribution in [3.05, 3.63) is 17.5 Å². The summed E-state index contributed by atoms with van der Waals surface area (Å²) in [5.74, 6) is 2.13. The molecule has 1 atom stereocenters. The molecule has 0 radical (unpaired) electrons. The van der Waals surface area contributed by atoms with Crippen LogP contribution < -0.4 is 10.6 Å². The van der Waals surface area contributed by atoms with Crippen molar-refractivity contribution in [1.29, 1.82) is 0 Å². The van der Waals surface area contributed by atoms with Crippen LogP contribution in [-0.2, 0) is 6.54 Å². The number of hydrogen-bond acceptors (Lipinski definition) is 4. The lowest BCUT2D eigenvalue weighted by molar-refractivity contribution is 0.247. The Labute approximate surface area is 146 Å². The van der Waals surface area contributed by atoms with Crippen molar-refractivity contribution in [2.45, 2.75) is 71.0 Å². The van der Waals surface area contributed by atoms with Crippen LogP contribution in [0.15, 0.2) is 15.6 Å². The molecular formula is C18H33N5O. The largest absolute Gasteiger partial charge is 0.359 e. The monoisotopic (exact) mass is 335 g/mol. The van der Waals surface area contributed by atoms with Gasteiger partial charge in [0.15, 0.2) is 11.7 Å². The summed E-state index contributed by atoms with van der Waals surface area (Å²) in [6.07, 6.45) is 4.84. The topological polar surface area (TPSA) is 65.7 Å². The Bertz CT molecular complexity index is 519. The normalized spacial score (nSPS) is 16.7. The van der Waals surface area contributed by atoms with Gasteiger partial charge in [-0.05, 0) is 39.7 Å². The average Bonchev–Trinajstić information content (AvgIpc) is 3.35. The van der Waals surface area contributed by atoms with E-state index in [1.54, 1.807) is 7.05 Å². The van der Waals surface area contributed by atoms with E-state index in [0.717, 1.165) is 42.8 Å². The van der Waals surface area contributed by atoms with Gasteiger partial charge in [-0.1, -0.05) is 19.0 Å². The predicted molar refractivity (Wildman–Crippen MR) is 98.3 cm³/mol. The number of likely N-dealkylation sites (N-methyl/N-ethyl adjacent to an activating group) is 1. The SMILES string of the molecule is CCC(CC)c1cc(CNC(=NC)NCC(C)N(C)C2CC2)on1. The first-order valence-corrected chi connectivity index (χ1v) is 9.20. The third kappa shape index (κ3) is 5.23. The summed E-state index contributed by atoms with van der Waals surface area (Å²) in [6, 6.07) is 3.32. The molecule has 136 valence electrons. The smallest absolute Gasteiger partial charge is 0.191 e. The van der Waals surface area contributed by atoms with E-state index in [2.05, 4.69) is 59.6 Å². The van der Waals surface area contributed by atoms with Crippen LogP contribution in [0.4, 0.5) is 0 Å². The number of guanidine groups is 1. The number of rotatable bonds is 9. The van der Waals surface area contributed by atoms with E-state index in [0.29, 0.717) is 18.5 Å². The van der Waals surface area contributed by atoms with Gasteiger partial charge in [-0.2, -0.15) is 0 Å². The summed E-state index contributed by atoms with van der Waals surface area (Å²) in [5, 5.41) is 10.9. The first kappa shape index (κ1) is 18.8. The number of hydrogen-bond donors (Lipinski definition) is 2. The summed E-state index contributed by atoms with van der Waals surface area (Å²) in [6.45, 7) is 8.09. The number of aromatic nitrogens is 1. The minimum absolute atomic E-state index is 0.485. The molecule has 1 aromatic rings. The molecule has 0 amide bonds. The Morgan fingerprint density at radius 2 is 2.08 bits per heavy atom. The van der Waals surface area contributed by atoms with Gasteiger partial charge in [0, 0.05) is 37.7 Å². The third-order valence-electron chi connectivity index (χ3n) is 5.02. The molecule has 6 nitrogen and oxygen atoms in total. The van der Waals surface area contributed by atoms with E-state index in [9.17, 15) is 0 Å². The molecule has 1 fully saturated rings. The van der Waals surface area contributed by atoms with Crippen molar-refractivity contribution in [3.8, 4) is 0 Å². The van der Waals surface area contributed by atoms with Gasteiger partial charge in [-0.25, -0.2) is 0 Å². The van der Waals surface area contributed by atoms with Crippen LogP contribution in [0.1, 0.15) is 63.8 Å². The van der Waals surface area contributed by atoms with E-state index in [4.69, 9.17) is 4.52 Å². The summed E-state index contributed by atoms with van der Waals surface area (Å²) in [5.41, 5.74) is 1.06. The van der Waals surface area contributed by atoms with Crippen molar-refractivity contribution in [2.24, 2.45) is 4.99 Å². The molecule has 1 heterocycles. The fourth-order valence-corrected chi connectivity index (χ4v) is 2.93. The Kier molecular flexibility index (Phi) is 7.09. The van der Waals surface area contributed by atoms with Crippen LogP contribution in [0.3, 0.4) is 0 Å². The van der Waals surface area contributed by atoms with E-state index in [1.807, 2.05) is 0 Å². The highest BCUT2D eigenvalue weighted by Gasteiger charge is 2.28.